The van der Waals surface area contributed by atoms with Crippen molar-refractivity contribution in [3.05, 3.63) is 54.1 Å². The molecule has 124 valence electrons. The highest BCUT2D eigenvalue weighted by atomic mass is 32.2. The molecule has 0 bridgehead atoms. The van der Waals surface area contributed by atoms with E-state index in [1.54, 1.807) is 12.1 Å². The summed E-state index contributed by atoms with van der Waals surface area (Å²) in [5, 5.41) is 0. The number of sulfonamides is 1. The van der Waals surface area contributed by atoms with Gasteiger partial charge in [-0.15, -0.1) is 0 Å². The smallest absolute Gasteiger partial charge is 0.245 e. The lowest BCUT2D eigenvalue weighted by molar-refractivity contribution is 0.385. The molecule has 5 nitrogen and oxygen atoms in total. The molecule has 1 N–H and O–H groups in total. The van der Waals surface area contributed by atoms with Crippen molar-refractivity contribution < 1.29 is 17.9 Å². The number of rotatable bonds is 6. The van der Waals surface area contributed by atoms with E-state index < -0.39 is 15.6 Å². The highest BCUT2D eigenvalue weighted by molar-refractivity contribution is 7.89. The van der Waals surface area contributed by atoms with E-state index in [2.05, 4.69) is 4.72 Å². The van der Waals surface area contributed by atoms with Crippen molar-refractivity contribution in [3.8, 4) is 11.5 Å². The zero-order chi connectivity index (χ0) is 17.1. The molecule has 0 heterocycles. The molecule has 0 atom stereocenters. The number of nitrogens with one attached hydrogen (secondary N) is 1. The van der Waals surface area contributed by atoms with E-state index in [1.165, 1.54) is 20.3 Å². The molecule has 0 amide bonds. The normalized spacial score (nSPS) is 12.0. The van der Waals surface area contributed by atoms with Crippen molar-refractivity contribution in [2.45, 2.75) is 24.3 Å². The third-order valence-corrected chi connectivity index (χ3v) is 5.24. The minimum Gasteiger partial charge on any atom is -0.497 e. The van der Waals surface area contributed by atoms with Crippen LogP contribution in [0.3, 0.4) is 0 Å². The SMILES string of the molecule is COc1ccc(S(=O)(=O)NC(C)(C)c2ccccc2)c(OC)c1. The number of ether oxygens (including phenoxy) is 2. The highest BCUT2D eigenvalue weighted by Crippen LogP contribution is 2.30. The molecule has 0 fully saturated rings. The van der Waals surface area contributed by atoms with Gasteiger partial charge in [-0.2, -0.15) is 0 Å². The van der Waals surface area contributed by atoms with Crippen molar-refractivity contribution in [1.82, 2.24) is 4.72 Å². The molecule has 0 aromatic heterocycles. The van der Waals surface area contributed by atoms with Gasteiger partial charge in [-0.05, 0) is 31.5 Å². The average molecular weight is 335 g/mol. The Morgan fingerprint density at radius 3 is 2.17 bits per heavy atom. The van der Waals surface area contributed by atoms with Crippen LogP contribution in [-0.2, 0) is 15.6 Å². The molecule has 6 heteroatoms. The summed E-state index contributed by atoms with van der Waals surface area (Å²) in [5.41, 5.74) is 0.112. The predicted octanol–water partition coefficient (Wildman–Crippen LogP) is 2.92. The summed E-state index contributed by atoms with van der Waals surface area (Å²) in [4.78, 5) is 0.0739. The topological polar surface area (TPSA) is 64.6 Å². The van der Waals surface area contributed by atoms with E-state index >= 15 is 0 Å². The predicted molar refractivity (Wildman–Crippen MR) is 89.3 cm³/mol. The first-order chi connectivity index (χ1) is 10.8. The van der Waals surface area contributed by atoms with Gasteiger partial charge in [-0.25, -0.2) is 13.1 Å². The molecule has 2 aromatic rings. The Balaban J connectivity index is 2.39. The van der Waals surface area contributed by atoms with Crippen LogP contribution in [0.5, 0.6) is 11.5 Å². The van der Waals surface area contributed by atoms with Crippen LogP contribution in [0.2, 0.25) is 0 Å². The van der Waals surface area contributed by atoms with Crippen molar-refractivity contribution >= 4 is 10.0 Å². The van der Waals surface area contributed by atoms with E-state index in [0.29, 0.717) is 5.75 Å². The Kier molecular flexibility index (Phi) is 4.97. The van der Waals surface area contributed by atoms with Crippen molar-refractivity contribution in [2.75, 3.05) is 14.2 Å². The minimum atomic E-state index is -3.76. The summed E-state index contributed by atoms with van der Waals surface area (Å²) in [5.74, 6) is 0.767. The Morgan fingerprint density at radius 1 is 0.957 bits per heavy atom. The van der Waals surface area contributed by atoms with Crippen LogP contribution < -0.4 is 14.2 Å². The largest absolute Gasteiger partial charge is 0.497 e. The van der Waals surface area contributed by atoms with Crippen molar-refractivity contribution in [2.24, 2.45) is 0 Å². The number of benzene rings is 2. The van der Waals surface area contributed by atoms with E-state index in [0.717, 1.165) is 5.56 Å². The summed E-state index contributed by atoms with van der Waals surface area (Å²) in [6, 6.07) is 14.0. The fourth-order valence-electron chi connectivity index (χ4n) is 2.30. The van der Waals surface area contributed by atoms with Crippen LogP contribution in [-0.4, -0.2) is 22.6 Å². The Bertz CT molecular complexity index is 770. The first-order valence-electron chi connectivity index (χ1n) is 7.12. The summed E-state index contributed by atoms with van der Waals surface area (Å²) in [7, 11) is -0.824. The second-order valence-corrected chi connectivity index (χ2v) is 7.26. The van der Waals surface area contributed by atoms with E-state index in [1.807, 2.05) is 44.2 Å². The fraction of sp³-hybridized carbons (Fsp3) is 0.294. The van der Waals surface area contributed by atoms with Crippen LogP contribution >= 0.6 is 0 Å². The highest BCUT2D eigenvalue weighted by Gasteiger charge is 2.29. The molecular weight excluding hydrogens is 314 g/mol. The van der Waals surface area contributed by atoms with Gasteiger partial charge in [0.25, 0.3) is 0 Å². The van der Waals surface area contributed by atoms with Crippen LogP contribution in [0.15, 0.2) is 53.4 Å². The second kappa shape index (κ2) is 6.60. The molecule has 0 unspecified atom stereocenters. The van der Waals surface area contributed by atoms with Gasteiger partial charge >= 0.3 is 0 Å². The minimum absolute atomic E-state index is 0.0739. The number of methoxy groups -OCH3 is 2. The molecule has 0 saturated carbocycles. The van der Waals surface area contributed by atoms with Crippen molar-refractivity contribution in [3.63, 3.8) is 0 Å². The summed E-state index contributed by atoms with van der Waals surface area (Å²) in [6.45, 7) is 3.63. The van der Waals surface area contributed by atoms with E-state index in [9.17, 15) is 8.42 Å². The molecule has 0 aliphatic rings. The molecule has 0 aliphatic heterocycles. The maximum atomic E-state index is 12.8. The van der Waals surface area contributed by atoms with Gasteiger partial charge in [-0.3, -0.25) is 0 Å². The summed E-state index contributed by atoms with van der Waals surface area (Å²) in [6.07, 6.45) is 0. The maximum Gasteiger partial charge on any atom is 0.245 e. The lowest BCUT2D eigenvalue weighted by Gasteiger charge is -2.27. The molecule has 23 heavy (non-hydrogen) atoms. The van der Waals surface area contributed by atoms with Gasteiger partial charge in [-0.1, -0.05) is 30.3 Å². The standard InChI is InChI=1S/C17H21NO4S/c1-17(2,13-8-6-5-7-9-13)18-23(19,20)16-11-10-14(21-3)12-15(16)22-4/h5-12,18H,1-4H3. The van der Waals surface area contributed by atoms with Crippen LogP contribution in [0.25, 0.3) is 0 Å². The molecule has 0 radical (unpaired) electrons. The van der Waals surface area contributed by atoms with Crippen LogP contribution in [0.1, 0.15) is 19.4 Å². The zero-order valence-corrected chi connectivity index (χ0v) is 14.5. The average Bonchev–Trinajstić information content (AvgIpc) is 2.54. The second-order valence-electron chi connectivity index (χ2n) is 5.61. The first-order valence-corrected chi connectivity index (χ1v) is 8.60. The lowest BCUT2D eigenvalue weighted by Crippen LogP contribution is -2.40. The van der Waals surface area contributed by atoms with Gasteiger partial charge in [0.15, 0.2) is 0 Å². The summed E-state index contributed by atoms with van der Waals surface area (Å²) < 4.78 is 38.6. The van der Waals surface area contributed by atoms with Gasteiger partial charge in [0.1, 0.15) is 16.4 Å². The van der Waals surface area contributed by atoms with Crippen LogP contribution in [0, 0.1) is 0 Å². The van der Waals surface area contributed by atoms with E-state index in [4.69, 9.17) is 9.47 Å². The maximum absolute atomic E-state index is 12.8. The van der Waals surface area contributed by atoms with Gasteiger partial charge < -0.3 is 9.47 Å². The van der Waals surface area contributed by atoms with Gasteiger partial charge in [0.2, 0.25) is 10.0 Å². The quantitative estimate of drug-likeness (QED) is 0.881. The molecule has 2 rings (SSSR count). The lowest BCUT2D eigenvalue weighted by atomic mass is 9.96. The molecule has 0 aliphatic carbocycles. The molecule has 0 saturated heterocycles. The Morgan fingerprint density at radius 2 is 1.61 bits per heavy atom. The van der Waals surface area contributed by atoms with Gasteiger partial charge in [0, 0.05) is 6.07 Å². The molecule has 0 spiro atoms. The third kappa shape index (κ3) is 3.83. The third-order valence-electron chi connectivity index (χ3n) is 3.55. The van der Waals surface area contributed by atoms with E-state index in [-0.39, 0.29) is 10.6 Å². The zero-order valence-electron chi connectivity index (χ0n) is 13.7. The molecule has 2 aromatic carbocycles. The molecular formula is C17H21NO4S. The Hall–Kier alpha value is -2.05. The van der Waals surface area contributed by atoms with Crippen LogP contribution in [0.4, 0.5) is 0 Å². The number of hydrogen-bond acceptors (Lipinski definition) is 4. The summed E-state index contributed by atoms with van der Waals surface area (Å²) >= 11 is 0. The monoisotopic (exact) mass is 335 g/mol. The number of hydrogen-bond donors (Lipinski definition) is 1. The van der Waals surface area contributed by atoms with Gasteiger partial charge in [0.05, 0.1) is 19.8 Å². The first kappa shape index (κ1) is 17.3. The fourth-order valence-corrected chi connectivity index (χ4v) is 3.86. The van der Waals surface area contributed by atoms with Crippen molar-refractivity contribution in [1.29, 1.82) is 0 Å². The Labute approximate surface area is 137 Å².